The summed E-state index contributed by atoms with van der Waals surface area (Å²) in [5.74, 6) is 0.521. The fourth-order valence-corrected chi connectivity index (χ4v) is 3.67. The van der Waals surface area contributed by atoms with Crippen LogP contribution in [0.3, 0.4) is 0 Å². The molecule has 2 heterocycles. The van der Waals surface area contributed by atoms with Gasteiger partial charge in [0.1, 0.15) is 19.8 Å². The van der Waals surface area contributed by atoms with Gasteiger partial charge in [-0.15, -0.1) is 5.10 Å². The summed E-state index contributed by atoms with van der Waals surface area (Å²) in [6.45, 7) is 4.53. The summed E-state index contributed by atoms with van der Waals surface area (Å²) in [4.78, 5) is 25.1. The Morgan fingerprint density at radius 2 is 1.84 bits per heavy atom. The van der Waals surface area contributed by atoms with Gasteiger partial charge in [0.2, 0.25) is 5.91 Å². The Labute approximate surface area is 186 Å². The van der Waals surface area contributed by atoms with E-state index < -0.39 is 5.91 Å². The predicted octanol–water partition coefficient (Wildman–Crippen LogP) is 3.32. The smallest absolute Gasteiger partial charge is 0.278 e. The van der Waals surface area contributed by atoms with Crippen LogP contribution in [0.5, 0.6) is 11.5 Å². The van der Waals surface area contributed by atoms with Crippen LogP contribution in [0.25, 0.3) is 0 Å². The lowest BCUT2D eigenvalue weighted by Gasteiger charge is -2.19. The van der Waals surface area contributed by atoms with Crippen LogP contribution in [0.2, 0.25) is 0 Å². The lowest BCUT2D eigenvalue weighted by atomic mass is 10.2. The third-order valence-corrected chi connectivity index (χ3v) is 5.35. The number of aromatic nitrogens is 3. The highest BCUT2D eigenvalue weighted by molar-refractivity contribution is 9.10. The Morgan fingerprint density at radius 3 is 2.61 bits per heavy atom. The van der Waals surface area contributed by atoms with Gasteiger partial charge in [0.05, 0.1) is 11.4 Å². The first-order chi connectivity index (χ1) is 14.9. The SMILES string of the molecule is Cc1ccc(NC(=O)c2nnn(CC(=O)Nc3ccc4c(c3)OCCO4)c2C)c(Br)c1. The zero-order chi connectivity index (χ0) is 22.0. The molecule has 2 aromatic carbocycles. The Morgan fingerprint density at radius 1 is 1.06 bits per heavy atom. The molecule has 0 fully saturated rings. The van der Waals surface area contributed by atoms with Crippen LogP contribution in [0.1, 0.15) is 21.7 Å². The van der Waals surface area contributed by atoms with E-state index in [9.17, 15) is 9.59 Å². The molecule has 0 unspecified atom stereocenters. The quantitative estimate of drug-likeness (QED) is 0.573. The maximum atomic E-state index is 12.6. The monoisotopic (exact) mass is 485 g/mol. The van der Waals surface area contributed by atoms with Gasteiger partial charge in [-0.05, 0) is 59.6 Å². The maximum Gasteiger partial charge on any atom is 0.278 e. The number of anilines is 2. The van der Waals surface area contributed by atoms with Crippen molar-refractivity contribution in [1.82, 2.24) is 15.0 Å². The summed E-state index contributed by atoms with van der Waals surface area (Å²) in [5.41, 5.74) is 2.91. The lowest BCUT2D eigenvalue weighted by molar-refractivity contribution is -0.117. The van der Waals surface area contributed by atoms with Crippen molar-refractivity contribution in [1.29, 1.82) is 0 Å². The minimum Gasteiger partial charge on any atom is -0.486 e. The van der Waals surface area contributed by atoms with E-state index in [-0.39, 0.29) is 18.1 Å². The second-order valence-electron chi connectivity index (χ2n) is 7.03. The number of hydrogen-bond acceptors (Lipinski definition) is 6. The number of fused-ring (bicyclic) bond motifs is 1. The van der Waals surface area contributed by atoms with Crippen LogP contribution in [-0.2, 0) is 11.3 Å². The van der Waals surface area contributed by atoms with Crippen molar-refractivity contribution in [3.8, 4) is 11.5 Å². The maximum absolute atomic E-state index is 12.6. The van der Waals surface area contributed by atoms with Gasteiger partial charge in [-0.1, -0.05) is 11.3 Å². The Kier molecular flexibility index (Phi) is 5.90. The van der Waals surface area contributed by atoms with Crippen molar-refractivity contribution in [2.24, 2.45) is 0 Å². The number of amides is 2. The minimum absolute atomic E-state index is 0.0885. The van der Waals surface area contributed by atoms with E-state index in [1.165, 1.54) is 4.68 Å². The zero-order valence-electron chi connectivity index (χ0n) is 16.9. The van der Waals surface area contributed by atoms with Crippen LogP contribution in [0.4, 0.5) is 11.4 Å². The van der Waals surface area contributed by atoms with E-state index in [0.29, 0.717) is 41.8 Å². The average molecular weight is 486 g/mol. The highest BCUT2D eigenvalue weighted by Gasteiger charge is 2.19. The molecule has 2 N–H and O–H groups in total. The molecular formula is C21H20BrN5O4. The molecule has 1 aliphatic rings. The highest BCUT2D eigenvalue weighted by Crippen LogP contribution is 2.32. The lowest BCUT2D eigenvalue weighted by Crippen LogP contribution is -2.21. The minimum atomic E-state index is -0.402. The number of benzene rings is 2. The van der Waals surface area contributed by atoms with Crippen LogP contribution < -0.4 is 20.1 Å². The molecule has 3 aromatic rings. The molecule has 0 aliphatic carbocycles. The second-order valence-corrected chi connectivity index (χ2v) is 7.88. The van der Waals surface area contributed by atoms with Gasteiger partial charge in [0, 0.05) is 16.2 Å². The Balaban J connectivity index is 1.42. The number of nitrogens with one attached hydrogen (secondary N) is 2. The molecular weight excluding hydrogens is 466 g/mol. The van der Waals surface area contributed by atoms with Crippen LogP contribution in [-0.4, -0.2) is 40.0 Å². The van der Waals surface area contributed by atoms with Gasteiger partial charge in [-0.2, -0.15) is 0 Å². The summed E-state index contributed by atoms with van der Waals surface area (Å²) in [7, 11) is 0. The van der Waals surface area contributed by atoms with E-state index in [2.05, 4.69) is 36.9 Å². The standard InChI is InChI=1S/C21H20BrN5O4/c1-12-3-5-16(15(22)9-12)24-21(29)20-13(2)27(26-25-20)11-19(28)23-14-4-6-17-18(10-14)31-8-7-30-17/h3-6,9-10H,7-8,11H2,1-2H3,(H,23,28)(H,24,29). The van der Waals surface area contributed by atoms with E-state index in [4.69, 9.17) is 9.47 Å². The van der Waals surface area contributed by atoms with E-state index in [0.717, 1.165) is 10.0 Å². The summed E-state index contributed by atoms with van der Waals surface area (Å²) in [5, 5.41) is 13.5. The Hall–Kier alpha value is -3.40. The van der Waals surface area contributed by atoms with Crippen molar-refractivity contribution < 1.29 is 19.1 Å². The van der Waals surface area contributed by atoms with E-state index in [1.807, 2.05) is 19.1 Å². The summed E-state index contributed by atoms with van der Waals surface area (Å²) >= 11 is 3.43. The van der Waals surface area contributed by atoms with Crippen LogP contribution in [0.15, 0.2) is 40.9 Å². The topological polar surface area (TPSA) is 107 Å². The van der Waals surface area contributed by atoms with Crippen molar-refractivity contribution >= 4 is 39.1 Å². The molecule has 31 heavy (non-hydrogen) atoms. The second kappa shape index (κ2) is 8.76. The molecule has 0 saturated heterocycles. The van der Waals surface area contributed by atoms with Crippen molar-refractivity contribution in [3.63, 3.8) is 0 Å². The summed E-state index contributed by atoms with van der Waals surface area (Å²) in [6, 6.07) is 10.8. The Bertz CT molecular complexity index is 1160. The molecule has 4 rings (SSSR count). The number of halogens is 1. The third-order valence-electron chi connectivity index (χ3n) is 4.69. The molecule has 0 atom stereocenters. The van der Waals surface area contributed by atoms with Gasteiger partial charge in [0.25, 0.3) is 5.91 Å². The zero-order valence-corrected chi connectivity index (χ0v) is 18.5. The van der Waals surface area contributed by atoms with Crippen molar-refractivity contribution in [2.75, 3.05) is 23.8 Å². The van der Waals surface area contributed by atoms with Gasteiger partial charge < -0.3 is 20.1 Å². The first kappa shape index (κ1) is 20.9. The predicted molar refractivity (Wildman–Crippen MR) is 118 cm³/mol. The summed E-state index contributed by atoms with van der Waals surface area (Å²) < 4.78 is 13.1. The number of carbonyl (C=O) groups excluding carboxylic acids is 2. The van der Waals surface area contributed by atoms with Gasteiger partial charge in [-0.25, -0.2) is 4.68 Å². The molecule has 0 saturated carbocycles. The van der Waals surface area contributed by atoms with E-state index >= 15 is 0 Å². The number of ether oxygens (including phenoxy) is 2. The van der Waals surface area contributed by atoms with Crippen molar-refractivity contribution in [2.45, 2.75) is 20.4 Å². The number of nitrogens with zero attached hydrogens (tertiary/aromatic N) is 3. The first-order valence-corrected chi connectivity index (χ1v) is 10.4. The largest absolute Gasteiger partial charge is 0.486 e. The normalized spacial score (nSPS) is 12.4. The number of hydrogen-bond donors (Lipinski definition) is 2. The van der Waals surface area contributed by atoms with Crippen LogP contribution in [0, 0.1) is 13.8 Å². The fourth-order valence-electron chi connectivity index (χ4n) is 3.08. The van der Waals surface area contributed by atoms with Gasteiger partial charge in [-0.3, -0.25) is 9.59 Å². The van der Waals surface area contributed by atoms with E-state index in [1.54, 1.807) is 31.2 Å². The highest BCUT2D eigenvalue weighted by atomic mass is 79.9. The van der Waals surface area contributed by atoms with Gasteiger partial charge >= 0.3 is 0 Å². The molecule has 9 nitrogen and oxygen atoms in total. The fraction of sp³-hybridized carbons (Fsp3) is 0.238. The molecule has 0 bridgehead atoms. The summed E-state index contributed by atoms with van der Waals surface area (Å²) in [6.07, 6.45) is 0. The van der Waals surface area contributed by atoms with Crippen LogP contribution >= 0.6 is 15.9 Å². The molecule has 160 valence electrons. The number of rotatable bonds is 5. The number of carbonyl (C=O) groups is 2. The molecule has 2 amide bonds. The molecule has 10 heteroatoms. The van der Waals surface area contributed by atoms with Gasteiger partial charge in [0.15, 0.2) is 17.2 Å². The molecule has 0 radical (unpaired) electrons. The molecule has 1 aliphatic heterocycles. The molecule has 0 spiro atoms. The molecule has 1 aromatic heterocycles. The van der Waals surface area contributed by atoms with Crippen molar-refractivity contribution in [3.05, 3.63) is 57.8 Å². The third kappa shape index (κ3) is 4.69. The average Bonchev–Trinajstić information content (AvgIpc) is 3.10. The first-order valence-electron chi connectivity index (χ1n) is 9.58. The number of aryl methyl sites for hydroxylation is 1.